The second kappa shape index (κ2) is 8.27. The van der Waals surface area contributed by atoms with Crippen LogP contribution in [-0.4, -0.2) is 16.7 Å². The Bertz CT molecular complexity index is 482. The highest BCUT2D eigenvalue weighted by atomic mass is 32.1. The van der Waals surface area contributed by atoms with Crippen molar-refractivity contribution in [3.05, 3.63) is 16.1 Å². The van der Waals surface area contributed by atoms with Crippen LogP contribution in [-0.2, 0) is 9.53 Å². The zero-order valence-corrected chi connectivity index (χ0v) is 14.3. The Kier molecular flexibility index (Phi) is 7.02. The van der Waals surface area contributed by atoms with Crippen molar-refractivity contribution in [3.63, 3.8) is 0 Å². The molecule has 0 unspecified atom stereocenters. The largest absolute Gasteiger partial charge is 0.455 e. The Morgan fingerprint density at radius 2 is 2.00 bits per heavy atom. The van der Waals surface area contributed by atoms with Gasteiger partial charge in [-0.05, 0) is 18.3 Å². The van der Waals surface area contributed by atoms with Gasteiger partial charge in [0.2, 0.25) is 0 Å². The molecule has 0 bridgehead atoms. The Morgan fingerprint density at radius 1 is 1.33 bits per heavy atom. The van der Waals surface area contributed by atoms with E-state index in [-0.39, 0.29) is 17.9 Å². The maximum Gasteiger partial charge on any atom is 0.303 e. The molecule has 0 aliphatic heterocycles. The van der Waals surface area contributed by atoms with E-state index < -0.39 is 0 Å². The molecule has 0 spiro atoms. The number of ketones is 1. The summed E-state index contributed by atoms with van der Waals surface area (Å²) in [6.07, 6.45) is 1.87. The predicted molar refractivity (Wildman–Crippen MR) is 84.5 cm³/mol. The number of rotatable bonds is 8. The quantitative estimate of drug-likeness (QED) is 0.527. The predicted octanol–water partition coefficient (Wildman–Crippen LogP) is 4.41. The Morgan fingerprint density at radius 3 is 2.48 bits per heavy atom. The van der Waals surface area contributed by atoms with Gasteiger partial charge in [-0.25, -0.2) is 4.98 Å². The number of nitrogens with zero attached hydrogens (tertiary/aromatic N) is 1. The standard InChI is InChI=1S/C16H25NO3S/c1-6-12(10(3)4)8-15(20-11(5)18)16-17-13(9-21-16)14(19)7-2/h9-10,12,15H,6-8H2,1-5H3/t12-,15-/m1/s1. The highest BCUT2D eigenvalue weighted by molar-refractivity contribution is 7.09. The lowest BCUT2D eigenvalue weighted by molar-refractivity contribution is -0.147. The molecule has 0 aromatic carbocycles. The van der Waals surface area contributed by atoms with Crippen molar-refractivity contribution < 1.29 is 14.3 Å². The molecule has 21 heavy (non-hydrogen) atoms. The molecule has 5 heteroatoms. The van der Waals surface area contributed by atoms with Gasteiger partial charge >= 0.3 is 5.97 Å². The van der Waals surface area contributed by atoms with Crippen LogP contribution in [0.15, 0.2) is 5.38 Å². The molecule has 1 rings (SSSR count). The minimum atomic E-state index is -0.349. The van der Waals surface area contributed by atoms with Crippen LogP contribution in [0.5, 0.6) is 0 Å². The van der Waals surface area contributed by atoms with Gasteiger partial charge < -0.3 is 4.74 Å². The smallest absolute Gasteiger partial charge is 0.303 e. The van der Waals surface area contributed by atoms with Crippen molar-refractivity contribution in [2.45, 2.75) is 60.0 Å². The summed E-state index contributed by atoms with van der Waals surface area (Å²) in [6, 6.07) is 0. The molecule has 4 nitrogen and oxygen atoms in total. The molecule has 0 aliphatic rings. The lowest BCUT2D eigenvalue weighted by atomic mass is 9.88. The van der Waals surface area contributed by atoms with Crippen LogP contribution >= 0.6 is 11.3 Å². The van der Waals surface area contributed by atoms with E-state index in [1.165, 1.54) is 18.3 Å². The molecule has 0 aliphatic carbocycles. The average Bonchev–Trinajstić information content (AvgIpc) is 2.91. The van der Waals surface area contributed by atoms with E-state index in [1.54, 1.807) is 5.38 Å². The minimum absolute atomic E-state index is 0.0231. The summed E-state index contributed by atoms with van der Waals surface area (Å²) in [6.45, 7) is 9.72. The summed E-state index contributed by atoms with van der Waals surface area (Å²) in [5, 5.41) is 2.48. The second-order valence-electron chi connectivity index (χ2n) is 5.59. The van der Waals surface area contributed by atoms with E-state index >= 15 is 0 Å². The maximum atomic E-state index is 11.7. The molecule has 0 N–H and O–H groups in total. The number of hydrogen-bond acceptors (Lipinski definition) is 5. The zero-order valence-electron chi connectivity index (χ0n) is 13.5. The SMILES string of the molecule is CCC(=O)c1csc([C@@H](C[C@@H](CC)C(C)C)OC(C)=O)n1. The normalized spacial score (nSPS) is 14.0. The van der Waals surface area contributed by atoms with Gasteiger partial charge in [-0.15, -0.1) is 11.3 Å². The first-order valence-corrected chi connectivity index (χ1v) is 8.42. The fourth-order valence-electron chi connectivity index (χ4n) is 2.33. The highest BCUT2D eigenvalue weighted by Gasteiger charge is 2.25. The number of carbonyl (C=O) groups excluding carboxylic acids is 2. The minimum Gasteiger partial charge on any atom is -0.455 e. The lowest BCUT2D eigenvalue weighted by Gasteiger charge is -2.23. The van der Waals surface area contributed by atoms with Gasteiger partial charge in [-0.3, -0.25) is 9.59 Å². The van der Waals surface area contributed by atoms with Crippen molar-refractivity contribution in [2.24, 2.45) is 11.8 Å². The molecule has 1 aromatic rings. The van der Waals surface area contributed by atoms with Gasteiger partial charge in [0.25, 0.3) is 0 Å². The van der Waals surface area contributed by atoms with Gasteiger partial charge in [0, 0.05) is 18.7 Å². The van der Waals surface area contributed by atoms with Crippen LogP contribution in [0.3, 0.4) is 0 Å². The second-order valence-corrected chi connectivity index (χ2v) is 6.48. The van der Waals surface area contributed by atoms with Gasteiger partial charge in [-0.2, -0.15) is 0 Å². The third-order valence-corrected chi connectivity index (χ3v) is 4.63. The number of carbonyl (C=O) groups is 2. The van der Waals surface area contributed by atoms with Gasteiger partial charge in [0.15, 0.2) is 11.9 Å². The van der Waals surface area contributed by atoms with Crippen molar-refractivity contribution in [1.29, 1.82) is 0 Å². The number of esters is 1. The summed E-state index contributed by atoms with van der Waals surface area (Å²) in [4.78, 5) is 27.4. The maximum absolute atomic E-state index is 11.7. The number of ether oxygens (including phenoxy) is 1. The number of thiazole rings is 1. The van der Waals surface area contributed by atoms with E-state index in [0.29, 0.717) is 24.0 Å². The van der Waals surface area contributed by atoms with Crippen molar-refractivity contribution >= 4 is 23.1 Å². The van der Waals surface area contributed by atoms with Gasteiger partial charge in [0.1, 0.15) is 10.7 Å². The van der Waals surface area contributed by atoms with Crippen LogP contribution in [0.1, 0.15) is 75.5 Å². The number of Topliss-reactive ketones (excluding diaryl/α,β-unsaturated/α-hetero) is 1. The van der Waals surface area contributed by atoms with Crippen LogP contribution < -0.4 is 0 Å². The molecule has 0 saturated carbocycles. The number of aromatic nitrogens is 1. The van der Waals surface area contributed by atoms with E-state index in [2.05, 4.69) is 25.8 Å². The van der Waals surface area contributed by atoms with Crippen LogP contribution in [0.2, 0.25) is 0 Å². The molecule has 2 atom stereocenters. The van der Waals surface area contributed by atoms with E-state index in [0.717, 1.165) is 17.8 Å². The summed E-state index contributed by atoms with van der Waals surface area (Å²) >= 11 is 1.40. The van der Waals surface area contributed by atoms with Crippen molar-refractivity contribution in [2.75, 3.05) is 0 Å². The Hall–Kier alpha value is -1.23. The lowest BCUT2D eigenvalue weighted by Crippen LogP contribution is -2.17. The Balaban J connectivity index is 2.93. The van der Waals surface area contributed by atoms with Crippen molar-refractivity contribution in [3.8, 4) is 0 Å². The first-order chi connectivity index (χ1) is 9.88. The Labute approximate surface area is 130 Å². The monoisotopic (exact) mass is 311 g/mol. The number of hydrogen-bond donors (Lipinski definition) is 0. The molecule has 118 valence electrons. The molecule has 1 heterocycles. The van der Waals surface area contributed by atoms with Crippen LogP contribution in [0.4, 0.5) is 0 Å². The van der Waals surface area contributed by atoms with Gasteiger partial charge in [0.05, 0.1) is 0 Å². The van der Waals surface area contributed by atoms with Crippen molar-refractivity contribution in [1.82, 2.24) is 4.98 Å². The fraction of sp³-hybridized carbons (Fsp3) is 0.688. The molecular weight excluding hydrogens is 286 g/mol. The van der Waals surface area contributed by atoms with Crippen LogP contribution in [0, 0.1) is 11.8 Å². The first kappa shape index (κ1) is 17.8. The molecular formula is C16H25NO3S. The zero-order chi connectivity index (χ0) is 16.0. The summed E-state index contributed by atoms with van der Waals surface area (Å²) in [7, 11) is 0. The molecule has 1 aromatic heterocycles. The highest BCUT2D eigenvalue weighted by Crippen LogP contribution is 2.32. The van der Waals surface area contributed by atoms with Gasteiger partial charge in [-0.1, -0.05) is 34.1 Å². The topological polar surface area (TPSA) is 56.3 Å². The summed E-state index contributed by atoms with van der Waals surface area (Å²) < 4.78 is 5.44. The molecule has 0 saturated heterocycles. The third-order valence-electron chi connectivity index (χ3n) is 3.70. The van der Waals surface area contributed by atoms with E-state index in [1.807, 2.05) is 6.92 Å². The third kappa shape index (κ3) is 5.23. The van der Waals surface area contributed by atoms with Crippen LogP contribution in [0.25, 0.3) is 0 Å². The molecule has 0 radical (unpaired) electrons. The first-order valence-electron chi connectivity index (χ1n) is 7.54. The van der Waals surface area contributed by atoms with E-state index in [9.17, 15) is 9.59 Å². The molecule has 0 fully saturated rings. The average molecular weight is 311 g/mol. The summed E-state index contributed by atoms with van der Waals surface area (Å²) in [5.41, 5.74) is 0.479. The molecule has 0 amide bonds. The fourth-order valence-corrected chi connectivity index (χ4v) is 3.19. The van der Waals surface area contributed by atoms with E-state index in [4.69, 9.17) is 4.74 Å². The summed E-state index contributed by atoms with van der Waals surface area (Å²) in [5.74, 6) is 0.695.